The molecular weight excluding hydrogens is 487 g/mol. The summed E-state index contributed by atoms with van der Waals surface area (Å²) in [7, 11) is 1.51. The number of hydrogen-bond acceptors (Lipinski definition) is 6. The number of rotatable bonds is 8. The van der Waals surface area contributed by atoms with Crippen molar-refractivity contribution < 1.29 is 28.2 Å². The van der Waals surface area contributed by atoms with Crippen LogP contribution in [-0.2, 0) is 27.2 Å². The molecule has 1 N–H and O–H groups in total. The van der Waals surface area contributed by atoms with E-state index in [1.54, 1.807) is 11.0 Å². The number of ether oxygens (including phenoxy) is 3. The second-order valence-electron chi connectivity index (χ2n) is 11.9. The molecule has 2 aromatic rings. The summed E-state index contributed by atoms with van der Waals surface area (Å²) in [5.41, 5.74) is 1.39. The van der Waals surface area contributed by atoms with Gasteiger partial charge < -0.3 is 24.4 Å². The summed E-state index contributed by atoms with van der Waals surface area (Å²) in [5.74, 6) is -0.614. The molecule has 0 bridgehead atoms. The summed E-state index contributed by atoms with van der Waals surface area (Å²) >= 11 is 0. The predicted molar refractivity (Wildman–Crippen MR) is 146 cm³/mol. The quantitative estimate of drug-likeness (QED) is 0.411. The molecule has 1 aliphatic heterocycles. The largest absolute Gasteiger partial charge is 0.497 e. The van der Waals surface area contributed by atoms with E-state index in [-0.39, 0.29) is 23.8 Å². The molecule has 3 rings (SSSR count). The first-order chi connectivity index (χ1) is 17.7. The van der Waals surface area contributed by atoms with Crippen LogP contribution in [0.2, 0.25) is 0 Å². The Bertz CT molecular complexity index is 1120. The minimum absolute atomic E-state index is 0.0475. The molecule has 0 radical (unpaired) electrons. The van der Waals surface area contributed by atoms with Crippen LogP contribution in [0.15, 0.2) is 42.5 Å². The molecule has 8 heteroatoms. The van der Waals surface area contributed by atoms with Crippen molar-refractivity contribution in [3.8, 4) is 5.75 Å². The monoisotopic (exact) mass is 528 g/mol. The molecule has 38 heavy (non-hydrogen) atoms. The number of likely N-dealkylation sites (tertiary alicyclic amines) is 1. The van der Waals surface area contributed by atoms with Gasteiger partial charge >= 0.3 is 12.1 Å². The molecule has 2 atom stereocenters. The fraction of sp³-hybridized carbons (Fsp3) is 0.533. The average Bonchev–Trinajstić information content (AvgIpc) is 3.29. The van der Waals surface area contributed by atoms with Crippen LogP contribution >= 0.6 is 0 Å². The van der Waals surface area contributed by atoms with Crippen LogP contribution in [0, 0.1) is 17.7 Å². The van der Waals surface area contributed by atoms with E-state index >= 15 is 0 Å². The van der Waals surface area contributed by atoms with Crippen LogP contribution < -0.4 is 10.1 Å². The molecule has 1 aliphatic rings. The summed E-state index contributed by atoms with van der Waals surface area (Å²) in [4.78, 5) is 27.6. The molecule has 2 aromatic carbocycles. The molecule has 208 valence electrons. The van der Waals surface area contributed by atoms with Gasteiger partial charge in [-0.05, 0) is 95.7 Å². The van der Waals surface area contributed by atoms with Crippen LogP contribution in [-0.4, -0.2) is 48.4 Å². The second-order valence-corrected chi connectivity index (χ2v) is 11.9. The zero-order chi connectivity index (χ0) is 28.1. The number of nitrogens with zero attached hydrogens (tertiary/aromatic N) is 1. The van der Waals surface area contributed by atoms with E-state index in [4.69, 9.17) is 14.2 Å². The summed E-state index contributed by atoms with van der Waals surface area (Å²) in [6, 6.07) is 12.4. The van der Waals surface area contributed by atoms with Gasteiger partial charge in [0.15, 0.2) is 0 Å². The lowest BCUT2D eigenvalue weighted by Crippen LogP contribution is -2.38. The summed E-state index contributed by atoms with van der Waals surface area (Å²) < 4.78 is 30.4. The first kappa shape index (κ1) is 29.3. The highest BCUT2D eigenvalue weighted by Gasteiger charge is 2.39. The van der Waals surface area contributed by atoms with Crippen molar-refractivity contribution in [3.05, 3.63) is 59.4 Å². The Hall–Kier alpha value is -3.29. The zero-order valence-electron chi connectivity index (χ0n) is 23.6. The average molecular weight is 529 g/mol. The normalized spacial score (nSPS) is 16.6. The minimum atomic E-state index is -0.617. The molecule has 0 spiro atoms. The highest BCUT2D eigenvalue weighted by atomic mass is 19.1. The first-order valence-corrected chi connectivity index (χ1v) is 13.1. The van der Waals surface area contributed by atoms with Crippen molar-refractivity contribution in [2.45, 2.75) is 72.1 Å². The Morgan fingerprint density at radius 2 is 1.74 bits per heavy atom. The Labute approximate surface area is 225 Å². The fourth-order valence-electron chi connectivity index (χ4n) is 4.53. The molecule has 0 unspecified atom stereocenters. The van der Waals surface area contributed by atoms with E-state index < -0.39 is 17.1 Å². The van der Waals surface area contributed by atoms with Crippen LogP contribution in [0.3, 0.4) is 0 Å². The number of benzene rings is 2. The maximum absolute atomic E-state index is 13.9. The van der Waals surface area contributed by atoms with Gasteiger partial charge in [0.2, 0.25) is 0 Å². The Morgan fingerprint density at radius 3 is 2.39 bits per heavy atom. The Kier molecular flexibility index (Phi) is 9.28. The first-order valence-electron chi connectivity index (χ1n) is 13.1. The number of halogens is 1. The van der Waals surface area contributed by atoms with Crippen molar-refractivity contribution in [2.24, 2.45) is 11.8 Å². The zero-order valence-corrected chi connectivity index (χ0v) is 23.6. The van der Waals surface area contributed by atoms with Gasteiger partial charge in [0, 0.05) is 31.4 Å². The van der Waals surface area contributed by atoms with E-state index in [9.17, 15) is 14.0 Å². The SMILES string of the molecule is COc1cc(F)cc(CNc2cccc(C[C@H](C(=O)OC(C)(C)C)[C@H]3CCN(C(=O)OC(C)(C)C)C3)c2)c1. The van der Waals surface area contributed by atoms with Gasteiger partial charge in [0.1, 0.15) is 22.8 Å². The van der Waals surface area contributed by atoms with Gasteiger partial charge in [-0.1, -0.05) is 12.1 Å². The van der Waals surface area contributed by atoms with E-state index in [0.29, 0.717) is 38.2 Å². The topological polar surface area (TPSA) is 77.1 Å². The summed E-state index contributed by atoms with van der Waals surface area (Å²) in [6.07, 6.45) is 0.816. The van der Waals surface area contributed by atoms with Crippen LogP contribution in [0.25, 0.3) is 0 Å². The maximum Gasteiger partial charge on any atom is 0.410 e. The molecule has 1 fully saturated rings. The minimum Gasteiger partial charge on any atom is -0.497 e. The molecule has 1 saturated heterocycles. The van der Waals surface area contributed by atoms with Crippen molar-refractivity contribution in [1.29, 1.82) is 0 Å². The lowest BCUT2D eigenvalue weighted by molar-refractivity contribution is -0.161. The molecule has 1 amide bonds. The number of amides is 1. The maximum atomic E-state index is 13.9. The number of methoxy groups -OCH3 is 1. The van der Waals surface area contributed by atoms with Crippen molar-refractivity contribution in [3.63, 3.8) is 0 Å². The smallest absolute Gasteiger partial charge is 0.410 e. The summed E-state index contributed by atoms with van der Waals surface area (Å²) in [5, 5.41) is 3.33. The van der Waals surface area contributed by atoms with Crippen LogP contribution in [0.5, 0.6) is 5.75 Å². The summed E-state index contributed by atoms with van der Waals surface area (Å²) in [6.45, 7) is 12.5. The van der Waals surface area contributed by atoms with Gasteiger partial charge in [-0.2, -0.15) is 0 Å². The number of esters is 1. The van der Waals surface area contributed by atoms with Gasteiger partial charge in [-0.25, -0.2) is 9.18 Å². The highest BCUT2D eigenvalue weighted by Crippen LogP contribution is 2.31. The molecule has 1 heterocycles. The third kappa shape index (κ3) is 8.92. The van der Waals surface area contributed by atoms with Crippen molar-refractivity contribution in [2.75, 3.05) is 25.5 Å². The number of carbonyl (C=O) groups is 2. The van der Waals surface area contributed by atoms with E-state index in [0.717, 1.165) is 16.8 Å². The second kappa shape index (κ2) is 12.0. The number of carbonyl (C=O) groups excluding carboxylic acids is 2. The van der Waals surface area contributed by atoms with Gasteiger partial charge in [-0.3, -0.25) is 4.79 Å². The molecule has 0 aliphatic carbocycles. The molecule has 0 saturated carbocycles. The standard InChI is InChI=1S/C30H41FN2O5/c1-29(2,3)37-27(34)26(22-11-12-33(19-22)28(35)38-30(4,5)6)16-20-9-8-10-24(14-20)32-18-21-13-23(31)17-25(15-21)36-7/h8-10,13-15,17,22,26,32H,11-12,16,18-19H2,1-7H3/t22-,26-/m0/s1. The van der Waals surface area contributed by atoms with E-state index in [2.05, 4.69) is 5.32 Å². The third-order valence-electron chi connectivity index (χ3n) is 6.20. The lowest BCUT2D eigenvalue weighted by Gasteiger charge is -2.28. The van der Waals surface area contributed by atoms with Crippen LogP contribution in [0.4, 0.5) is 14.9 Å². The predicted octanol–water partition coefficient (Wildman–Crippen LogP) is 6.20. The molecule has 0 aromatic heterocycles. The van der Waals surface area contributed by atoms with Crippen LogP contribution in [0.1, 0.15) is 59.1 Å². The van der Waals surface area contributed by atoms with Gasteiger partial charge in [-0.15, -0.1) is 0 Å². The fourth-order valence-corrected chi connectivity index (χ4v) is 4.53. The van der Waals surface area contributed by atoms with Crippen molar-refractivity contribution in [1.82, 2.24) is 4.90 Å². The van der Waals surface area contributed by atoms with Gasteiger partial charge in [0.05, 0.1) is 13.0 Å². The van der Waals surface area contributed by atoms with E-state index in [1.807, 2.05) is 65.8 Å². The highest BCUT2D eigenvalue weighted by molar-refractivity contribution is 5.74. The van der Waals surface area contributed by atoms with E-state index in [1.165, 1.54) is 19.2 Å². The Balaban J connectivity index is 1.73. The number of nitrogens with one attached hydrogen (secondary N) is 1. The third-order valence-corrected chi connectivity index (χ3v) is 6.20. The molecular formula is C30H41FN2O5. The molecule has 7 nitrogen and oxygen atoms in total. The number of anilines is 1. The lowest BCUT2D eigenvalue weighted by atomic mass is 9.86. The Morgan fingerprint density at radius 1 is 1.03 bits per heavy atom. The number of hydrogen-bond donors (Lipinski definition) is 1. The van der Waals surface area contributed by atoms with Gasteiger partial charge in [0.25, 0.3) is 0 Å². The van der Waals surface area contributed by atoms with Crippen molar-refractivity contribution >= 4 is 17.7 Å².